The molecule has 1 aliphatic rings. The Labute approximate surface area is 155 Å². The van der Waals surface area contributed by atoms with Crippen LogP contribution in [0.25, 0.3) is 16.0 Å². The van der Waals surface area contributed by atoms with Crippen LogP contribution < -0.4 is 4.74 Å². The lowest BCUT2D eigenvalue weighted by atomic mass is 9.82. The summed E-state index contributed by atoms with van der Waals surface area (Å²) in [5.74, 6) is 0.0945. The van der Waals surface area contributed by atoms with E-state index in [4.69, 9.17) is 9.72 Å². The molecule has 0 spiro atoms. The summed E-state index contributed by atoms with van der Waals surface area (Å²) >= 11 is 1.66. The van der Waals surface area contributed by atoms with E-state index in [9.17, 15) is 9.90 Å². The molecule has 26 heavy (non-hydrogen) atoms. The van der Waals surface area contributed by atoms with Crippen LogP contribution in [-0.2, 0) is 4.79 Å². The van der Waals surface area contributed by atoms with Crippen LogP contribution in [0.15, 0.2) is 24.3 Å². The average molecular weight is 371 g/mol. The molecule has 6 nitrogen and oxygen atoms in total. The summed E-state index contributed by atoms with van der Waals surface area (Å²) in [6, 6.07) is 7.74. The average Bonchev–Trinajstić information content (AvgIpc) is 3.23. The molecule has 7 heteroatoms. The molecular formula is C19H21N3O3S. The van der Waals surface area contributed by atoms with Crippen LogP contribution in [-0.4, -0.2) is 33.0 Å². The first kappa shape index (κ1) is 17.0. The van der Waals surface area contributed by atoms with E-state index in [2.05, 4.69) is 5.10 Å². The van der Waals surface area contributed by atoms with Crippen LogP contribution in [0.5, 0.6) is 5.75 Å². The van der Waals surface area contributed by atoms with Crippen molar-refractivity contribution in [1.82, 2.24) is 14.8 Å². The van der Waals surface area contributed by atoms with Gasteiger partial charge >= 0.3 is 5.97 Å². The van der Waals surface area contributed by atoms with E-state index in [-0.39, 0.29) is 11.8 Å². The number of carbonyl (C=O) groups is 1. The van der Waals surface area contributed by atoms with Crippen molar-refractivity contribution in [2.45, 2.75) is 38.5 Å². The minimum absolute atomic E-state index is 0.228. The van der Waals surface area contributed by atoms with E-state index >= 15 is 0 Å². The molecule has 3 aromatic rings. The summed E-state index contributed by atoms with van der Waals surface area (Å²) in [4.78, 5) is 16.2. The highest BCUT2D eigenvalue weighted by atomic mass is 32.1. The van der Waals surface area contributed by atoms with Crippen LogP contribution in [0.2, 0.25) is 0 Å². The lowest BCUT2D eigenvalue weighted by molar-refractivity contribution is -0.142. The monoisotopic (exact) mass is 371 g/mol. The highest BCUT2D eigenvalue weighted by Gasteiger charge is 2.30. The van der Waals surface area contributed by atoms with Crippen molar-refractivity contribution in [3.05, 3.63) is 35.0 Å². The maximum atomic E-state index is 11.4. The maximum absolute atomic E-state index is 11.4. The summed E-state index contributed by atoms with van der Waals surface area (Å²) in [7, 11) is 1.65. The molecule has 136 valence electrons. The number of hydrogen-bond acceptors (Lipinski definition) is 5. The number of fused-ring (bicyclic) bond motifs is 1. The van der Waals surface area contributed by atoms with Crippen LogP contribution in [0.1, 0.15) is 42.3 Å². The second kappa shape index (κ2) is 6.72. The fourth-order valence-corrected chi connectivity index (χ4v) is 4.80. The number of thiazole rings is 1. The maximum Gasteiger partial charge on any atom is 0.306 e. The van der Waals surface area contributed by atoms with Gasteiger partial charge in [-0.15, -0.1) is 11.3 Å². The fourth-order valence-electron chi connectivity index (χ4n) is 3.67. The normalized spacial score (nSPS) is 20.4. The van der Waals surface area contributed by atoms with Gasteiger partial charge in [-0.1, -0.05) is 6.42 Å². The Balaban J connectivity index is 1.70. The Kier molecular flexibility index (Phi) is 4.40. The molecule has 1 saturated carbocycles. The first-order valence-corrected chi connectivity index (χ1v) is 9.61. The quantitative estimate of drug-likeness (QED) is 0.745. The molecule has 2 aromatic heterocycles. The predicted molar refractivity (Wildman–Crippen MR) is 100 cm³/mol. The van der Waals surface area contributed by atoms with E-state index in [0.29, 0.717) is 6.42 Å². The number of benzene rings is 1. The number of aliphatic carboxylic acids is 1. The first-order chi connectivity index (χ1) is 12.6. The SMILES string of the molecule is COc1ccc(-n2nc(C)c3sc([C@@H]4CCC[C@H](C(=O)O)C4)nc32)cc1. The van der Waals surface area contributed by atoms with Gasteiger partial charge in [-0.25, -0.2) is 9.67 Å². The number of hydrogen-bond donors (Lipinski definition) is 1. The highest BCUT2D eigenvalue weighted by Crippen LogP contribution is 2.40. The number of nitrogens with zero attached hydrogens (tertiary/aromatic N) is 3. The second-order valence-corrected chi connectivity index (χ2v) is 7.83. The van der Waals surface area contributed by atoms with Gasteiger partial charge in [-0.3, -0.25) is 4.79 Å². The summed E-state index contributed by atoms with van der Waals surface area (Å²) in [5.41, 5.74) is 2.74. The van der Waals surface area contributed by atoms with Crippen LogP contribution in [0, 0.1) is 12.8 Å². The highest BCUT2D eigenvalue weighted by molar-refractivity contribution is 7.18. The van der Waals surface area contributed by atoms with Gasteiger partial charge in [-0.05, 0) is 50.5 Å². The Morgan fingerprint density at radius 3 is 2.77 bits per heavy atom. The zero-order valence-corrected chi connectivity index (χ0v) is 15.6. The molecule has 0 aliphatic heterocycles. The molecule has 0 bridgehead atoms. The van der Waals surface area contributed by atoms with E-state index in [1.54, 1.807) is 18.4 Å². The number of methoxy groups -OCH3 is 1. The lowest BCUT2D eigenvalue weighted by Gasteiger charge is -2.24. The van der Waals surface area contributed by atoms with Gasteiger partial charge < -0.3 is 9.84 Å². The van der Waals surface area contributed by atoms with Crippen molar-refractivity contribution in [3.63, 3.8) is 0 Å². The molecular weight excluding hydrogens is 350 g/mol. The van der Waals surface area contributed by atoms with Gasteiger partial charge in [0.2, 0.25) is 0 Å². The number of aryl methyl sites for hydroxylation is 1. The summed E-state index contributed by atoms with van der Waals surface area (Å²) in [5, 5.41) is 15.0. The molecule has 0 radical (unpaired) electrons. The summed E-state index contributed by atoms with van der Waals surface area (Å²) < 4.78 is 8.16. The largest absolute Gasteiger partial charge is 0.497 e. The van der Waals surface area contributed by atoms with Gasteiger partial charge in [-0.2, -0.15) is 5.10 Å². The third kappa shape index (κ3) is 2.96. The first-order valence-electron chi connectivity index (χ1n) is 8.80. The standard InChI is InChI=1S/C19H21N3O3S/c1-11-16-17(22(21-11)14-6-8-15(25-2)9-7-14)20-18(26-16)12-4-3-5-13(10-12)19(23)24/h6-9,12-13H,3-5,10H2,1-2H3,(H,23,24)/t12-,13+/m1/s1. The van der Waals surface area contributed by atoms with Gasteiger partial charge in [0.25, 0.3) is 0 Å². The van der Waals surface area contributed by atoms with Crippen LogP contribution in [0.3, 0.4) is 0 Å². The third-order valence-corrected chi connectivity index (χ3v) is 6.41. The van der Waals surface area contributed by atoms with Gasteiger partial charge in [0, 0.05) is 5.92 Å². The molecule has 1 N–H and O–H groups in total. The minimum atomic E-state index is -0.684. The predicted octanol–water partition coefficient (Wildman–Crippen LogP) is 4.16. The van der Waals surface area contributed by atoms with E-state index < -0.39 is 5.97 Å². The number of rotatable bonds is 4. The number of ether oxygens (including phenoxy) is 1. The van der Waals surface area contributed by atoms with Gasteiger partial charge in [0.1, 0.15) is 5.75 Å². The summed E-state index contributed by atoms with van der Waals surface area (Å²) in [6.07, 6.45) is 3.41. The Morgan fingerprint density at radius 1 is 1.31 bits per heavy atom. The number of carboxylic acid groups (broad SMARTS) is 1. The van der Waals surface area contributed by atoms with E-state index in [0.717, 1.165) is 51.7 Å². The molecule has 1 aromatic carbocycles. The van der Waals surface area contributed by atoms with Crippen molar-refractivity contribution < 1.29 is 14.6 Å². The molecule has 0 amide bonds. The van der Waals surface area contributed by atoms with Crippen LogP contribution in [0.4, 0.5) is 0 Å². The topological polar surface area (TPSA) is 77.2 Å². The van der Waals surface area contributed by atoms with Crippen molar-refractivity contribution >= 4 is 27.7 Å². The van der Waals surface area contributed by atoms with Crippen molar-refractivity contribution in [2.24, 2.45) is 5.92 Å². The Morgan fingerprint density at radius 2 is 2.08 bits per heavy atom. The molecule has 4 rings (SSSR count). The molecule has 0 saturated heterocycles. The van der Waals surface area contributed by atoms with Gasteiger partial charge in [0.15, 0.2) is 5.65 Å². The Hall–Kier alpha value is -2.41. The van der Waals surface area contributed by atoms with E-state index in [1.165, 1.54) is 0 Å². The molecule has 0 unspecified atom stereocenters. The van der Waals surface area contributed by atoms with Crippen LogP contribution >= 0.6 is 11.3 Å². The zero-order chi connectivity index (χ0) is 18.3. The van der Waals surface area contributed by atoms with Crippen molar-refractivity contribution in [1.29, 1.82) is 0 Å². The van der Waals surface area contributed by atoms with E-state index in [1.807, 2.05) is 35.9 Å². The lowest BCUT2D eigenvalue weighted by Crippen LogP contribution is -2.21. The second-order valence-electron chi connectivity index (χ2n) is 6.80. The number of aromatic nitrogens is 3. The minimum Gasteiger partial charge on any atom is -0.497 e. The van der Waals surface area contributed by atoms with Gasteiger partial charge in [0.05, 0.1) is 34.1 Å². The smallest absolute Gasteiger partial charge is 0.306 e. The summed E-state index contributed by atoms with van der Waals surface area (Å²) in [6.45, 7) is 1.99. The third-order valence-electron chi connectivity index (χ3n) is 5.09. The molecule has 2 heterocycles. The van der Waals surface area contributed by atoms with Crippen molar-refractivity contribution in [2.75, 3.05) is 7.11 Å². The molecule has 2 atom stereocenters. The number of carboxylic acids is 1. The van der Waals surface area contributed by atoms with Crippen molar-refractivity contribution in [3.8, 4) is 11.4 Å². The molecule has 1 aliphatic carbocycles. The zero-order valence-electron chi connectivity index (χ0n) is 14.8. The molecule has 1 fully saturated rings. The Bertz CT molecular complexity index is 945. The fraction of sp³-hybridized carbons (Fsp3) is 0.421.